The fraction of sp³-hybridized carbons (Fsp3) is 0.364. The Morgan fingerprint density at radius 2 is 2.06 bits per heavy atom. The first-order chi connectivity index (χ1) is 7.81. The number of benzene rings is 1. The Morgan fingerprint density at radius 3 is 2.69 bits per heavy atom. The van der Waals surface area contributed by atoms with Crippen LogP contribution in [0, 0.1) is 0 Å². The summed E-state index contributed by atoms with van der Waals surface area (Å²) in [6, 6.07) is 5.36. The van der Waals surface area contributed by atoms with Gasteiger partial charge in [-0.2, -0.15) is 0 Å². The van der Waals surface area contributed by atoms with Crippen LogP contribution in [0.3, 0.4) is 0 Å². The van der Waals surface area contributed by atoms with E-state index in [1.54, 1.807) is 12.1 Å². The molecule has 0 aliphatic rings. The van der Waals surface area contributed by atoms with Gasteiger partial charge in [-0.15, -0.1) is 0 Å². The largest absolute Gasteiger partial charge is 0.494 e. The van der Waals surface area contributed by atoms with Crippen LogP contribution in [0.5, 0.6) is 11.5 Å². The van der Waals surface area contributed by atoms with Gasteiger partial charge in [0.15, 0.2) is 0 Å². The van der Waals surface area contributed by atoms with Gasteiger partial charge < -0.3 is 9.47 Å². The van der Waals surface area contributed by atoms with Gasteiger partial charge in [0.05, 0.1) is 13.2 Å². The van der Waals surface area contributed by atoms with Crippen molar-refractivity contribution in [3.05, 3.63) is 18.2 Å². The third-order valence-corrected chi connectivity index (χ3v) is 1.80. The highest BCUT2D eigenvalue weighted by Gasteiger charge is 2.03. The number of ether oxygens (including phenoxy) is 2. The molecule has 0 aliphatic carbocycles. The number of hydrogen-bond acceptors (Lipinski definition) is 4. The van der Waals surface area contributed by atoms with Gasteiger partial charge in [0.1, 0.15) is 23.5 Å². The molecule has 0 bridgehead atoms. The van der Waals surface area contributed by atoms with E-state index in [-0.39, 0.29) is 0 Å². The Labute approximate surface area is 94.7 Å². The molecule has 2 N–H and O–H groups in total. The Balaban J connectivity index is 2.95. The van der Waals surface area contributed by atoms with E-state index in [9.17, 15) is 0 Å². The topological polar surface area (TPSA) is 63.1 Å². The number of aliphatic imine (C=N–C) groups is 1. The number of hydroxylamine groups is 1. The summed E-state index contributed by atoms with van der Waals surface area (Å²) in [6.07, 6.45) is 1.17. The maximum atomic E-state index is 8.45. The molecule has 1 rings (SSSR count). The smallest absolute Gasteiger partial charge is 0.145 e. The molecule has 0 fully saturated rings. The summed E-state index contributed by atoms with van der Waals surface area (Å²) in [4.78, 5) is 4.00. The summed E-state index contributed by atoms with van der Waals surface area (Å²) < 4.78 is 10.7. The summed E-state index contributed by atoms with van der Waals surface area (Å²) in [7, 11) is 0. The number of nitrogens with one attached hydrogen (secondary N) is 1. The fourth-order valence-corrected chi connectivity index (χ4v) is 1.23. The first-order valence-corrected chi connectivity index (χ1v) is 5.13. The molecule has 1 aromatic carbocycles. The predicted molar refractivity (Wildman–Crippen MR) is 61.9 cm³/mol. The minimum atomic E-state index is 0.559. The van der Waals surface area contributed by atoms with Crippen LogP contribution in [0.25, 0.3) is 0 Å². The lowest BCUT2D eigenvalue weighted by Gasteiger charge is -2.09. The Kier molecular flexibility index (Phi) is 5.15. The van der Waals surface area contributed by atoms with Crippen LogP contribution >= 0.6 is 0 Å². The minimum absolute atomic E-state index is 0.559. The predicted octanol–water partition coefficient (Wildman–Crippen LogP) is 2.12. The van der Waals surface area contributed by atoms with Crippen LogP contribution in [-0.2, 0) is 0 Å². The van der Waals surface area contributed by atoms with Crippen LogP contribution in [-0.4, -0.2) is 24.8 Å². The summed E-state index contributed by atoms with van der Waals surface area (Å²) in [5, 5.41) is 8.45. The van der Waals surface area contributed by atoms with Gasteiger partial charge in [0.25, 0.3) is 0 Å². The average molecular weight is 224 g/mol. The first-order valence-electron chi connectivity index (χ1n) is 5.13. The van der Waals surface area contributed by atoms with E-state index in [0.29, 0.717) is 24.7 Å². The SMILES string of the molecule is CCOc1ccc(OCC)c(N=CNO)c1. The molecule has 5 nitrogen and oxygen atoms in total. The molecule has 88 valence electrons. The van der Waals surface area contributed by atoms with Gasteiger partial charge >= 0.3 is 0 Å². The minimum Gasteiger partial charge on any atom is -0.494 e. The van der Waals surface area contributed by atoms with E-state index in [0.717, 1.165) is 5.75 Å². The summed E-state index contributed by atoms with van der Waals surface area (Å²) in [5.74, 6) is 1.37. The average Bonchev–Trinajstić information content (AvgIpc) is 2.30. The van der Waals surface area contributed by atoms with Crippen molar-refractivity contribution in [1.82, 2.24) is 5.48 Å². The molecule has 0 aliphatic heterocycles. The maximum Gasteiger partial charge on any atom is 0.145 e. The maximum absolute atomic E-state index is 8.45. The number of nitrogens with zero attached hydrogens (tertiary/aromatic N) is 1. The Hall–Kier alpha value is -1.75. The monoisotopic (exact) mass is 224 g/mol. The van der Waals surface area contributed by atoms with Gasteiger partial charge in [-0.3, -0.25) is 10.7 Å². The third kappa shape index (κ3) is 3.43. The highest BCUT2D eigenvalue weighted by atomic mass is 16.5. The summed E-state index contributed by atoms with van der Waals surface area (Å²) in [5.41, 5.74) is 2.45. The first kappa shape index (κ1) is 12.3. The van der Waals surface area contributed by atoms with Crippen molar-refractivity contribution in [2.24, 2.45) is 4.99 Å². The molecule has 1 aromatic rings. The van der Waals surface area contributed by atoms with Crippen LogP contribution in [0.4, 0.5) is 5.69 Å². The third-order valence-electron chi connectivity index (χ3n) is 1.80. The van der Waals surface area contributed by atoms with Crippen molar-refractivity contribution in [3.8, 4) is 11.5 Å². The van der Waals surface area contributed by atoms with Gasteiger partial charge in [0, 0.05) is 6.07 Å². The Bertz CT molecular complexity index is 353. The van der Waals surface area contributed by atoms with Crippen molar-refractivity contribution in [1.29, 1.82) is 0 Å². The second-order valence-electron chi connectivity index (χ2n) is 2.88. The molecule has 0 aromatic heterocycles. The van der Waals surface area contributed by atoms with Crippen molar-refractivity contribution in [2.75, 3.05) is 13.2 Å². The van der Waals surface area contributed by atoms with E-state index < -0.39 is 0 Å². The molecule has 5 heteroatoms. The van der Waals surface area contributed by atoms with Gasteiger partial charge in [-0.1, -0.05) is 0 Å². The Morgan fingerprint density at radius 1 is 1.31 bits per heavy atom. The second-order valence-corrected chi connectivity index (χ2v) is 2.88. The zero-order chi connectivity index (χ0) is 11.8. The normalized spacial score (nSPS) is 10.4. The standard InChI is InChI=1S/C11H16N2O3/c1-3-15-9-5-6-11(16-4-2)10(7-9)12-8-13-14/h5-8,14H,3-4H2,1-2H3,(H,12,13). The van der Waals surface area contributed by atoms with Crippen LogP contribution < -0.4 is 15.0 Å². The molecule has 0 heterocycles. The lowest BCUT2D eigenvalue weighted by Crippen LogP contribution is -2.01. The summed E-state index contributed by atoms with van der Waals surface area (Å²) in [6.45, 7) is 4.96. The molecule has 0 amide bonds. The van der Waals surface area contributed by atoms with Crippen molar-refractivity contribution >= 4 is 12.0 Å². The highest BCUT2D eigenvalue weighted by Crippen LogP contribution is 2.31. The number of hydrogen-bond donors (Lipinski definition) is 2. The molecule has 0 radical (unpaired) electrons. The quantitative estimate of drug-likeness (QED) is 0.441. The molecular weight excluding hydrogens is 208 g/mol. The van der Waals surface area contributed by atoms with Gasteiger partial charge in [-0.25, -0.2) is 4.99 Å². The lowest BCUT2D eigenvalue weighted by molar-refractivity contribution is 0.240. The zero-order valence-corrected chi connectivity index (χ0v) is 9.43. The van der Waals surface area contributed by atoms with Gasteiger partial charge in [-0.05, 0) is 26.0 Å². The highest BCUT2D eigenvalue weighted by molar-refractivity contribution is 5.65. The van der Waals surface area contributed by atoms with Crippen molar-refractivity contribution in [3.63, 3.8) is 0 Å². The van der Waals surface area contributed by atoms with Crippen LogP contribution in [0.15, 0.2) is 23.2 Å². The molecule has 0 saturated carbocycles. The van der Waals surface area contributed by atoms with E-state index in [4.69, 9.17) is 14.7 Å². The lowest BCUT2D eigenvalue weighted by atomic mass is 10.3. The number of rotatable bonds is 6. The molecule has 16 heavy (non-hydrogen) atoms. The van der Waals surface area contributed by atoms with Crippen molar-refractivity contribution < 1.29 is 14.7 Å². The van der Waals surface area contributed by atoms with E-state index in [1.165, 1.54) is 6.34 Å². The summed E-state index contributed by atoms with van der Waals surface area (Å²) >= 11 is 0. The second kappa shape index (κ2) is 6.68. The van der Waals surface area contributed by atoms with E-state index >= 15 is 0 Å². The van der Waals surface area contributed by atoms with Gasteiger partial charge in [0.2, 0.25) is 0 Å². The molecule has 0 spiro atoms. The van der Waals surface area contributed by atoms with E-state index in [2.05, 4.69) is 4.99 Å². The molecule has 0 unspecified atom stereocenters. The zero-order valence-electron chi connectivity index (χ0n) is 9.43. The van der Waals surface area contributed by atoms with Crippen LogP contribution in [0.1, 0.15) is 13.8 Å². The molecule has 0 saturated heterocycles. The molecular formula is C11H16N2O3. The van der Waals surface area contributed by atoms with E-state index in [1.807, 2.05) is 25.4 Å². The fourth-order valence-electron chi connectivity index (χ4n) is 1.23. The van der Waals surface area contributed by atoms with Crippen molar-refractivity contribution in [2.45, 2.75) is 13.8 Å². The molecule has 0 atom stereocenters. The van der Waals surface area contributed by atoms with Crippen LogP contribution in [0.2, 0.25) is 0 Å².